The van der Waals surface area contributed by atoms with Gasteiger partial charge in [0.25, 0.3) is 0 Å². The van der Waals surface area contributed by atoms with Gasteiger partial charge in [-0.05, 0) is 45.2 Å². The predicted octanol–water partition coefficient (Wildman–Crippen LogP) is 1.89. The Kier molecular flexibility index (Phi) is 4.93. The quantitative estimate of drug-likeness (QED) is 0.689. The van der Waals surface area contributed by atoms with Crippen LogP contribution in [0.2, 0.25) is 0 Å². The van der Waals surface area contributed by atoms with Gasteiger partial charge in [-0.3, -0.25) is 0 Å². The third-order valence-corrected chi connectivity index (χ3v) is 3.33. The summed E-state index contributed by atoms with van der Waals surface area (Å²) in [6.07, 6.45) is 0. The largest absolute Gasteiger partial charge is 0.390 e. The van der Waals surface area contributed by atoms with Crippen LogP contribution in [0.15, 0.2) is 0 Å². The normalized spacial score (nSPS) is 19.6. The summed E-state index contributed by atoms with van der Waals surface area (Å²) in [5.41, 5.74) is -0.568. The summed E-state index contributed by atoms with van der Waals surface area (Å²) in [7, 11) is 1.97. The van der Waals surface area contributed by atoms with E-state index in [9.17, 15) is 5.11 Å². The van der Waals surface area contributed by atoms with E-state index in [1.54, 1.807) is 0 Å². The number of nitrogens with one attached hydrogen (secondary N) is 1. The van der Waals surface area contributed by atoms with Crippen molar-refractivity contribution in [1.82, 2.24) is 5.32 Å². The Bertz CT molecular complexity index is 140. The van der Waals surface area contributed by atoms with Crippen LogP contribution in [-0.2, 0) is 0 Å². The molecule has 0 aliphatic rings. The van der Waals surface area contributed by atoms with Gasteiger partial charge in [0.2, 0.25) is 0 Å². The second-order valence-corrected chi connectivity index (χ2v) is 4.84. The minimum atomic E-state index is -0.568. The Balaban J connectivity index is 4.16. The third-order valence-electron chi connectivity index (χ3n) is 3.33. The zero-order chi connectivity index (χ0) is 10.6. The van der Waals surface area contributed by atoms with Gasteiger partial charge in [0.15, 0.2) is 0 Å². The monoisotopic (exact) mass is 187 g/mol. The lowest BCUT2D eigenvalue weighted by atomic mass is 9.76. The number of rotatable bonds is 5. The van der Waals surface area contributed by atoms with E-state index in [0.717, 1.165) is 6.54 Å². The minimum absolute atomic E-state index is 0.329. The standard InChI is InChI=1S/C11H25NO/c1-8(7-12-6)9(2)10(3)11(4,5)13/h8-10,12-13H,7H2,1-6H3. The molecule has 0 spiro atoms. The Hall–Kier alpha value is -0.0800. The van der Waals surface area contributed by atoms with Gasteiger partial charge in [-0.15, -0.1) is 0 Å². The molecule has 0 aliphatic carbocycles. The Morgan fingerprint density at radius 2 is 1.69 bits per heavy atom. The molecule has 3 unspecified atom stereocenters. The average Bonchev–Trinajstić information content (AvgIpc) is 2.00. The van der Waals surface area contributed by atoms with Crippen molar-refractivity contribution in [2.75, 3.05) is 13.6 Å². The average molecular weight is 187 g/mol. The maximum absolute atomic E-state index is 9.85. The molecule has 0 rings (SSSR count). The highest BCUT2D eigenvalue weighted by atomic mass is 16.3. The fourth-order valence-electron chi connectivity index (χ4n) is 1.64. The summed E-state index contributed by atoms with van der Waals surface area (Å²) < 4.78 is 0. The second kappa shape index (κ2) is 4.97. The predicted molar refractivity (Wildman–Crippen MR) is 57.7 cm³/mol. The fourth-order valence-corrected chi connectivity index (χ4v) is 1.64. The van der Waals surface area contributed by atoms with E-state index in [1.807, 2.05) is 20.9 Å². The van der Waals surface area contributed by atoms with Crippen LogP contribution in [0, 0.1) is 17.8 Å². The van der Waals surface area contributed by atoms with Crippen LogP contribution in [0.4, 0.5) is 0 Å². The molecule has 0 aromatic carbocycles. The molecule has 3 atom stereocenters. The summed E-state index contributed by atoms with van der Waals surface area (Å²) in [4.78, 5) is 0. The maximum Gasteiger partial charge on any atom is 0.0619 e. The summed E-state index contributed by atoms with van der Waals surface area (Å²) >= 11 is 0. The molecule has 2 heteroatoms. The van der Waals surface area contributed by atoms with E-state index in [-0.39, 0.29) is 0 Å². The molecule has 0 aliphatic heterocycles. The van der Waals surface area contributed by atoms with Gasteiger partial charge in [-0.1, -0.05) is 20.8 Å². The van der Waals surface area contributed by atoms with Crippen LogP contribution in [0.5, 0.6) is 0 Å². The third kappa shape index (κ3) is 4.10. The number of hydrogen-bond acceptors (Lipinski definition) is 2. The van der Waals surface area contributed by atoms with E-state index >= 15 is 0 Å². The lowest BCUT2D eigenvalue weighted by molar-refractivity contribution is -0.00886. The van der Waals surface area contributed by atoms with Gasteiger partial charge < -0.3 is 10.4 Å². The van der Waals surface area contributed by atoms with E-state index < -0.39 is 5.60 Å². The summed E-state index contributed by atoms with van der Waals surface area (Å²) in [6, 6.07) is 0. The molecule has 0 amide bonds. The first-order valence-electron chi connectivity index (χ1n) is 5.17. The van der Waals surface area contributed by atoms with Crippen molar-refractivity contribution in [2.24, 2.45) is 17.8 Å². The SMILES string of the molecule is CNCC(C)C(C)C(C)C(C)(C)O. The lowest BCUT2D eigenvalue weighted by Crippen LogP contribution is -2.37. The molecule has 2 N–H and O–H groups in total. The van der Waals surface area contributed by atoms with Crippen LogP contribution < -0.4 is 5.32 Å². The van der Waals surface area contributed by atoms with Crippen molar-refractivity contribution in [3.05, 3.63) is 0 Å². The zero-order valence-corrected chi connectivity index (χ0v) is 9.89. The molecule has 0 saturated carbocycles. The molecule has 2 nitrogen and oxygen atoms in total. The molecule has 0 saturated heterocycles. The molecule has 0 heterocycles. The second-order valence-electron chi connectivity index (χ2n) is 4.84. The molecule has 13 heavy (non-hydrogen) atoms. The van der Waals surface area contributed by atoms with Gasteiger partial charge in [0.05, 0.1) is 5.60 Å². The van der Waals surface area contributed by atoms with Gasteiger partial charge in [-0.25, -0.2) is 0 Å². The van der Waals surface area contributed by atoms with Crippen molar-refractivity contribution in [3.63, 3.8) is 0 Å². The van der Waals surface area contributed by atoms with Crippen molar-refractivity contribution >= 4 is 0 Å². The van der Waals surface area contributed by atoms with Crippen molar-refractivity contribution in [2.45, 2.75) is 40.2 Å². The van der Waals surface area contributed by atoms with Crippen molar-refractivity contribution in [3.8, 4) is 0 Å². The molecule has 0 aromatic heterocycles. The number of aliphatic hydroxyl groups is 1. The topological polar surface area (TPSA) is 32.3 Å². The Morgan fingerprint density at radius 3 is 2.00 bits per heavy atom. The summed E-state index contributed by atoms with van der Waals surface area (Å²) in [5, 5.41) is 13.0. The maximum atomic E-state index is 9.85. The van der Waals surface area contributed by atoms with E-state index in [0.29, 0.717) is 17.8 Å². The van der Waals surface area contributed by atoms with Crippen LogP contribution in [-0.4, -0.2) is 24.3 Å². The Morgan fingerprint density at radius 1 is 1.23 bits per heavy atom. The highest BCUT2D eigenvalue weighted by Gasteiger charge is 2.29. The van der Waals surface area contributed by atoms with Gasteiger partial charge in [0, 0.05) is 0 Å². The first-order valence-corrected chi connectivity index (χ1v) is 5.17. The zero-order valence-electron chi connectivity index (χ0n) is 9.89. The highest BCUT2D eigenvalue weighted by Crippen LogP contribution is 2.28. The van der Waals surface area contributed by atoms with E-state index in [2.05, 4.69) is 26.1 Å². The van der Waals surface area contributed by atoms with Crippen LogP contribution >= 0.6 is 0 Å². The van der Waals surface area contributed by atoms with Crippen LogP contribution in [0.3, 0.4) is 0 Å². The highest BCUT2D eigenvalue weighted by molar-refractivity contribution is 4.80. The first kappa shape index (κ1) is 12.9. The van der Waals surface area contributed by atoms with Crippen LogP contribution in [0.1, 0.15) is 34.6 Å². The van der Waals surface area contributed by atoms with Gasteiger partial charge >= 0.3 is 0 Å². The molecule has 80 valence electrons. The fraction of sp³-hybridized carbons (Fsp3) is 1.00. The molecule has 0 radical (unpaired) electrons. The Labute approximate surface area is 82.7 Å². The van der Waals surface area contributed by atoms with Crippen molar-refractivity contribution < 1.29 is 5.11 Å². The van der Waals surface area contributed by atoms with Gasteiger partial charge in [-0.2, -0.15) is 0 Å². The minimum Gasteiger partial charge on any atom is -0.390 e. The number of hydrogen-bond donors (Lipinski definition) is 2. The smallest absolute Gasteiger partial charge is 0.0619 e. The summed E-state index contributed by atoms with van der Waals surface area (Å²) in [6.45, 7) is 11.4. The van der Waals surface area contributed by atoms with E-state index in [4.69, 9.17) is 0 Å². The molecule has 0 bridgehead atoms. The molecule has 0 fully saturated rings. The first-order chi connectivity index (χ1) is 5.80. The molecular formula is C11H25NO. The lowest BCUT2D eigenvalue weighted by Gasteiger charge is -2.34. The van der Waals surface area contributed by atoms with Crippen LogP contribution in [0.25, 0.3) is 0 Å². The summed E-state index contributed by atoms with van der Waals surface area (Å²) in [5.74, 6) is 1.47. The van der Waals surface area contributed by atoms with E-state index in [1.165, 1.54) is 0 Å². The molecular weight excluding hydrogens is 162 g/mol. The molecule has 0 aromatic rings. The van der Waals surface area contributed by atoms with Crippen molar-refractivity contribution in [1.29, 1.82) is 0 Å². The van der Waals surface area contributed by atoms with Gasteiger partial charge in [0.1, 0.15) is 0 Å².